The molecule has 1 unspecified atom stereocenters. The van der Waals surface area contributed by atoms with E-state index in [-0.39, 0.29) is 28.8 Å². The Kier molecular flexibility index (Phi) is 7.69. The van der Waals surface area contributed by atoms with Gasteiger partial charge in [-0.05, 0) is 0 Å². The van der Waals surface area contributed by atoms with Gasteiger partial charge in [-0.3, -0.25) is 0 Å². The molecule has 0 spiro atoms. The first-order chi connectivity index (χ1) is 15.9. The van der Waals surface area contributed by atoms with Crippen LogP contribution in [0.1, 0.15) is 58.9 Å². The number of carbonyl (C=O) groups excluding carboxylic acids is 1. The average molecular weight is 485 g/mol. The summed E-state index contributed by atoms with van der Waals surface area (Å²) in [5.74, 6) is 1.16. The van der Waals surface area contributed by atoms with Crippen LogP contribution < -0.4 is 10.6 Å². The Labute approximate surface area is 192 Å². The molecule has 34 heavy (non-hydrogen) atoms. The molecule has 3 rings (SSSR count). The summed E-state index contributed by atoms with van der Waals surface area (Å²) in [6, 6.07) is 0.576. The molecule has 5 nitrogen and oxygen atoms in total. The number of hydrogen-bond donors (Lipinski definition) is 2. The molecule has 182 valence electrons. The van der Waals surface area contributed by atoms with Gasteiger partial charge in [0.1, 0.15) is 0 Å². The number of halogens is 6. The predicted molar refractivity (Wildman–Crippen MR) is 114 cm³/mol. The van der Waals surface area contributed by atoms with Gasteiger partial charge in [0, 0.05) is 0 Å². The summed E-state index contributed by atoms with van der Waals surface area (Å²) in [6.45, 7) is 5.63. The summed E-state index contributed by atoms with van der Waals surface area (Å²) in [4.78, 5) is 16.9. The van der Waals surface area contributed by atoms with Crippen LogP contribution in [0.5, 0.6) is 0 Å². The van der Waals surface area contributed by atoms with E-state index in [1.807, 2.05) is 0 Å². The molecular formula is C22H22BF6N3O2. The maximum absolute atomic E-state index is 13.3. The number of nitrogens with zero attached hydrogens (tertiary/aromatic N) is 1. The molecule has 0 bridgehead atoms. The Morgan fingerprint density at radius 2 is 1.79 bits per heavy atom. The number of rotatable bonds is 7. The molecule has 2 aromatic rings. The third-order valence-corrected chi connectivity index (χ3v) is 5.15. The van der Waals surface area contributed by atoms with E-state index in [0.29, 0.717) is 37.5 Å². The van der Waals surface area contributed by atoms with Gasteiger partial charge >= 0.3 is 192 Å². The second-order valence-electron chi connectivity index (χ2n) is 7.83. The van der Waals surface area contributed by atoms with Crippen LogP contribution in [0.3, 0.4) is 0 Å². The van der Waals surface area contributed by atoms with Crippen molar-refractivity contribution < 1.29 is 35.9 Å². The van der Waals surface area contributed by atoms with Crippen LogP contribution in [-0.4, -0.2) is 37.1 Å². The van der Waals surface area contributed by atoms with E-state index in [0.717, 1.165) is 0 Å². The molecule has 1 aromatic heterocycles. The van der Waals surface area contributed by atoms with E-state index in [9.17, 15) is 31.1 Å². The number of alkyl halides is 6. The maximum atomic E-state index is 13.3. The number of aromatic nitrogens is 1. The summed E-state index contributed by atoms with van der Waals surface area (Å²) in [7, 11) is 0. The Balaban J connectivity index is 1.95. The Morgan fingerprint density at radius 3 is 2.29 bits per heavy atom. The van der Waals surface area contributed by atoms with E-state index in [1.54, 1.807) is 26.7 Å². The molecule has 0 saturated carbocycles. The van der Waals surface area contributed by atoms with E-state index < -0.39 is 35.4 Å². The van der Waals surface area contributed by atoms with E-state index in [4.69, 9.17) is 4.74 Å². The third kappa shape index (κ3) is 6.16. The molecule has 1 aliphatic rings. The molecule has 1 aliphatic heterocycles. The van der Waals surface area contributed by atoms with Crippen LogP contribution >= 0.6 is 0 Å². The van der Waals surface area contributed by atoms with Crippen molar-refractivity contribution >= 4 is 18.5 Å². The molecule has 0 radical (unpaired) electrons. The van der Waals surface area contributed by atoms with Gasteiger partial charge in [-0.15, -0.1) is 0 Å². The summed E-state index contributed by atoms with van der Waals surface area (Å²) >= 11 is 0. The molecule has 0 aliphatic carbocycles. The van der Waals surface area contributed by atoms with Crippen LogP contribution in [0.4, 0.5) is 26.3 Å². The fourth-order valence-electron chi connectivity index (χ4n) is 3.41. The van der Waals surface area contributed by atoms with Crippen LogP contribution in [0, 0.1) is 0 Å². The first kappa shape index (κ1) is 25.7. The third-order valence-electron chi connectivity index (χ3n) is 5.15. The molecule has 2 N–H and O–H groups in total. The fraction of sp³-hybridized carbons (Fsp3) is 0.409. The van der Waals surface area contributed by atoms with Gasteiger partial charge in [-0.25, -0.2) is 0 Å². The van der Waals surface area contributed by atoms with Crippen LogP contribution in [0.15, 0.2) is 36.4 Å². The molecule has 2 heterocycles. The van der Waals surface area contributed by atoms with Crippen molar-refractivity contribution in [3.63, 3.8) is 0 Å². The standard InChI is InChI=1S/C22H22BF6N3O2/c1-3-4-17(13-7-14(21(24,25)26)9-15(8-13)22(27,28)29)31-12(2)19-18(23-5-6-30-19)20(33)32-16-10-34-11-16/h4-9,12,16,31H,3,10-11H2,1-2H3,(H,32,33). The Hall–Kier alpha value is -2.89. The monoisotopic (exact) mass is 485 g/mol. The first-order valence-corrected chi connectivity index (χ1v) is 10.5. The summed E-state index contributed by atoms with van der Waals surface area (Å²) in [5.41, 5.74) is -2.49. The van der Waals surface area contributed by atoms with Crippen molar-refractivity contribution in [1.29, 1.82) is 0 Å². The number of allylic oxidation sites excluding steroid dienone is 1. The minimum absolute atomic E-state index is 0.0657. The second kappa shape index (κ2) is 10.2. The molecule has 1 atom stereocenters. The number of nitrogens with one attached hydrogen (secondary N) is 2. The Bertz CT molecular complexity index is 1040. The Morgan fingerprint density at radius 1 is 1.18 bits per heavy atom. The van der Waals surface area contributed by atoms with E-state index in [1.165, 1.54) is 12.3 Å². The van der Waals surface area contributed by atoms with Crippen molar-refractivity contribution in [2.75, 3.05) is 13.2 Å². The zero-order chi connectivity index (χ0) is 25.1. The number of ether oxygens (including phenoxy) is 1. The first-order valence-electron chi connectivity index (χ1n) is 10.5. The normalized spacial score (nSPS) is 15.9. The van der Waals surface area contributed by atoms with Gasteiger partial charge in [0.15, 0.2) is 0 Å². The van der Waals surface area contributed by atoms with E-state index in [2.05, 4.69) is 15.6 Å². The van der Waals surface area contributed by atoms with Gasteiger partial charge in [-0.2, -0.15) is 0 Å². The van der Waals surface area contributed by atoms with Gasteiger partial charge in [0.05, 0.1) is 0 Å². The average Bonchev–Trinajstić information content (AvgIpc) is 2.74. The molecule has 1 amide bonds. The summed E-state index contributed by atoms with van der Waals surface area (Å²) in [5, 5.41) is 5.73. The number of carbonyl (C=O) groups is 1. The van der Waals surface area contributed by atoms with Crippen molar-refractivity contribution in [2.45, 2.75) is 44.7 Å². The van der Waals surface area contributed by atoms with Crippen molar-refractivity contribution in [2.24, 2.45) is 0 Å². The van der Waals surface area contributed by atoms with Crippen molar-refractivity contribution in [1.82, 2.24) is 15.6 Å². The number of hydrogen-bond acceptors (Lipinski definition) is 4. The molecular weight excluding hydrogens is 463 g/mol. The SMILES string of the molecule is CCC=C(NC(C)c1nccbc1C(=O)NC1COC1)c1cc(C(F)(F)F)cc(C(F)(F)F)c1. The molecule has 1 aromatic carbocycles. The predicted octanol–water partition coefficient (Wildman–Crippen LogP) is 4.69. The van der Waals surface area contributed by atoms with Crippen LogP contribution in [0.2, 0.25) is 0 Å². The minimum atomic E-state index is -4.96. The summed E-state index contributed by atoms with van der Waals surface area (Å²) in [6.07, 6.45) is -6.65. The summed E-state index contributed by atoms with van der Waals surface area (Å²) < 4.78 is 85.0. The molecule has 1 fully saturated rings. The quantitative estimate of drug-likeness (QED) is 0.559. The number of amides is 1. The topological polar surface area (TPSA) is 63.2 Å². The van der Waals surface area contributed by atoms with Crippen LogP contribution in [-0.2, 0) is 17.1 Å². The fourth-order valence-corrected chi connectivity index (χ4v) is 3.41. The van der Waals surface area contributed by atoms with Gasteiger partial charge in [-0.1, -0.05) is 0 Å². The zero-order valence-electron chi connectivity index (χ0n) is 18.3. The van der Waals surface area contributed by atoms with Crippen molar-refractivity contribution in [3.05, 3.63) is 64.3 Å². The van der Waals surface area contributed by atoms with Gasteiger partial charge in [0.2, 0.25) is 0 Å². The van der Waals surface area contributed by atoms with Crippen LogP contribution in [0.25, 0.3) is 5.70 Å². The van der Waals surface area contributed by atoms with Crippen molar-refractivity contribution in [3.8, 4) is 0 Å². The van der Waals surface area contributed by atoms with Gasteiger partial charge < -0.3 is 0 Å². The van der Waals surface area contributed by atoms with Gasteiger partial charge in [0.25, 0.3) is 0 Å². The number of benzene rings is 1. The second-order valence-corrected chi connectivity index (χ2v) is 7.83. The molecule has 12 heteroatoms. The van der Waals surface area contributed by atoms with E-state index >= 15 is 0 Å². The molecule has 1 saturated heterocycles. The zero-order valence-corrected chi connectivity index (χ0v) is 18.3.